The summed E-state index contributed by atoms with van der Waals surface area (Å²) in [5.41, 5.74) is 3.98. The number of nitrogens with zero attached hydrogens (tertiary/aromatic N) is 1. The fourth-order valence-corrected chi connectivity index (χ4v) is 4.98. The van der Waals surface area contributed by atoms with Crippen molar-refractivity contribution in [1.29, 1.82) is 0 Å². The first-order valence-electron chi connectivity index (χ1n) is 9.25. The first-order chi connectivity index (χ1) is 15.0. The van der Waals surface area contributed by atoms with E-state index in [-0.39, 0.29) is 29.9 Å². The van der Waals surface area contributed by atoms with Gasteiger partial charge in [-0.1, -0.05) is 0 Å². The number of carboxylic acid groups (broad SMARTS) is 1. The molecule has 2 aliphatic rings. The lowest BCUT2D eigenvalue weighted by Crippen LogP contribution is -2.58. The van der Waals surface area contributed by atoms with Crippen LogP contribution < -0.4 is 16.2 Å². The third-order valence-electron chi connectivity index (χ3n) is 4.88. The highest BCUT2D eigenvalue weighted by atomic mass is 32.2. The Bertz CT molecular complexity index is 987. The summed E-state index contributed by atoms with van der Waals surface area (Å²) in [6, 6.07) is 2.22. The lowest BCUT2D eigenvalue weighted by molar-refractivity contribution is -0.157. The van der Waals surface area contributed by atoms with Gasteiger partial charge >= 0.3 is 12.1 Å². The van der Waals surface area contributed by atoms with Crippen LogP contribution in [0.4, 0.5) is 4.79 Å². The normalized spacial score (nSPS) is 23.5. The fraction of sp³-hybridized carbons (Fsp3) is 0.389. The Kier molecular flexibility index (Phi) is 6.34. The Balaban J connectivity index is 1.42. The minimum absolute atomic E-state index is 0.000973. The lowest BCUT2D eigenvalue weighted by Gasteiger charge is -2.36. The second-order valence-corrected chi connectivity index (χ2v) is 8.98. The van der Waals surface area contributed by atoms with E-state index in [0.29, 0.717) is 0 Å². The van der Waals surface area contributed by atoms with Gasteiger partial charge in [0.2, 0.25) is 5.91 Å². The number of phenols is 2. The van der Waals surface area contributed by atoms with Crippen molar-refractivity contribution in [3.63, 3.8) is 0 Å². The average Bonchev–Trinajstić information content (AvgIpc) is 2.98. The molecule has 3 rings (SSSR count). The van der Waals surface area contributed by atoms with Gasteiger partial charge in [-0.2, -0.15) is 0 Å². The number of hydrogen-bond donors (Lipinski definition) is 6. The zero-order valence-electron chi connectivity index (χ0n) is 16.7. The van der Waals surface area contributed by atoms with E-state index in [4.69, 9.17) is 4.74 Å². The van der Waals surface area contributed by atoms with Gasteiger partial charge < -0.3 is 30.3 Å². The predicted octanol–water partition coefficient (Wildman–Crippen LogP) is -0.898. The Labute approximate surface area is 185 Å². The molecule has 32 heavy (non-hydrogen) atoms. The number of nitrogens with one attached hydrogen (secondary N) is 3. The smallest absolute Gasteiger partial charge is 0.426 e. The molecule has 172 valence electrons. The Morgan fingerprint density at radius 2 is 1.94 bits per heavy atom. The molecule has 2 aliphatic heterocycles. The van der Waals surface area contributed by atoms with E-state index in [1.54, 1.807) is 6.92 Å². The molecule has 13 nitrogen and oxygen atoms in total. The number of carbonyl (C=O) groups excluding carboxylic acids is 4. The van der Waals surface area contributed by atoms with Gasteiger partial charge in [0.25, 0.3) is 11.8 Å². The second-order valence-electron chi connectivity index (χ2n) is 7.27. The third kappa shape index (κ3) is 4.64. The molecule has 1 aromatic rings. The maximum absolute atomic E-state index is 11.9. The second kappa shape index (κ2) is 8.82. The summed E-state index contributed by atoms with van der Waals surface area (Å²) in [4.78, 5) is 60.1. The number of aromatic hydroxyl groups is 2. The van der Waals surface area contributed by atoms with Crippen LogP contribution in [-0.4, -0.2) is 79.3 Å². The van der Waals surface area contributed by atoms with Gasteiger partial charge in [0.05, 0.1) is 23.1 Å². The molecule has 6 N–H and O–H groups in total. The van der Waals surface area contributed by atoms with E-state index in [2.05, 4.69) is 5.32 Å². The van der Waals surface area contributed by atoms with Crippen molar-refractivity contribution in [1.82, 2.24) is 21.1 Å². The fourth-order valence-electron chi connectivity index (χ4n) is 3.31. The summed E-state index contributed by atoms with van der Waals surface area (Å²) in [5.74, 6) is -3.88. The third-order valence-corrected chi connectivity index (χ3v) is 6.43. The van der Waals surface area contributed by atoms with E-state index in [1.807, 2.05) is 10.9 Å². The van der Waals surface area contributed by atoms with Crippen LogP contribution in [-0.2, 0) is 19.1 Å². The zero-order valence-corrected chi connectivity index (χ0v) is 17.5. The Hall–Kier alpha value is -3.68. The zero-order chi connectivity index (χ0) is 23.6. The van der Waals surface area contributed by atoms with E-state index in [1.165, 1.54) is 22.7 Å². The van der Waals surface area contributed by atoms with Crippen molar-refractivity contribution in [2.45, 2.75) is 29.5 Å². The molecule has 0 radical (unpaired) electrons. The quantitative estimate of drug-likeness (QED) is 0.173. The van der Waals surface area contributed by atoms with E-state index < -0.39 is 52.7 Å². The first-order valence-corrected chi connectivity index (χ1v) is 10.1. The monoisotopic (exact) mass is 468 g/mol. The van der Waals surface area contributed by atoms with Gasteiger partial charge in [0.1, 0.15) is 12.6 Å². The maximum Gasteiger partial charge on any atom is 0.426 e. The molecule has 0 aliphatic carbocycles. The minimum atomic E-state index is -1.20. The average molecular weight is 468 g/mol. The standard InChI is InChI=1S/C18H20N4O9S/c1-18(14(16(28)29)22-12(26)5-13(22)32-18)7-31-17(30)21-20-11(25)6-19-15(27)8-2-3-9(23)10(24)4-8/h2-4,13-14,23-24H,5-7H2,1H3,(H,19,27)(H,20,25)(H,21,30)(H,28,29)/t13-,14+,18+/m1/s1. The molecule has 2 heterocycles. The van der Waals surface area contributed by atoms with Gasteiger partial charge in [-0.15, -0.1) is 11.8 Å². The van der Waals surface area contributed by atoms with Crippen LogP contribution in [0.25, 0.3) is 0 Å². The molecule has 2 saturated heterocycles. The molecule has 3 atom stereocenters. The van der Waals surface area contributed by atoms with Crippen LogP contribution >= 0.6 is 11.8 Å². The van der Waals surface area contributed by atoms with Crippen LogP contribution in [0.5, 0.6) is 11.5 Å². The van der Waals surface area contributed by atoms with Gasteiger partial charge in [0, 0.05) is 5.56 Å². The number of benzene rings is 1. The van der Waals surface area contributed by atoms with Crippen molar-refractivity contribution in [2.24, 2.45) is 0 Å². The summed E-state index contributed by atoms with van der Waals surface area (Å²) in [6.45, 7) is 0.733. The highest BCUT2D eigenvalue weighted by Gasteiger charge is 2.61. The van der Waals surface area contributed by atoms with Gasteiger partial charge in [-0.3, -0.25) is 19.8 Å². The number of carbonyl (C=O) groups is 5. The number of phenolic OH excluding ortho intramolecular Hbond substituents is 2. The predicted molar refractivity (Wildman–Crippen MR) is 107 cm³/mol. The number of β-lactam (4-membered cyclic amide) rings is 1. The highest BCUT2D eigenvalue weighted by Crippen LogP contribution is 2.51. The summed E-state index contributed by atoms with van der Waals surface area (Å²) in [5, 5.41) is 30.1. The van der Waals surface area contributed by atoms with Crippen molar-refractivity contribution in [2.75, 3.05) is 13.2 Å². The van der Waals surface area contributed by atoms with Gasteiger partial charge in [-0.25, -0.2) is 15.0 Å². The molecule has 0 bridgehead atoms. The highest BCUT2D eigenvalue weighted by molar-refractivity contribution is 8.01. The number of hydrazine groups is 1. The Morgan fingerprint density at radius 1 is 1.22 bits per heavy atom. The molecule has 0 saturated carbocycles. The molecule has 1 aromatic carbocycles. The first kappa shape index (κ1) is 23.0. The molecule has 0 spiro atoms. The van der Waals surface area contributed by atoms with Crippen LogP contribution in [0.1, 0.15) is 23.7 Å². The largest absolute Gasteiger partial charge is 0.504 e. The number of thioether (sulfide) groups is 1. The minimum Gasteiger partial charge on any atom is -0.504 e. The number of ether oxygens (including phenoxy) is 1. The van der Waals surface area contributed by atoms with E-state index in [9.17, 15) is 39.3 Å². The summed E-state index contributed by atoms with van der Waals surface area (Å²) >= 11 is 1.23. The van der Waals surface area contributed by atoms with Crippen LogP contribution in [0.2, 0.25) is 0 Å². The molecule has 0 aromatic heterocycles. The topological polar surface area (TPSA) is 195 Å². The van der Waals surface area contributed by atoms with E-state index >= 15 is 0 Å². The number of amides is 4. The molecule has 0 unspecified atom stereocenters. The van der Waals surface area contributed by atoms with Crippen LogP contribution in [0, 0.1) is 0 Å². The van der Waals surface area contributed by atoms with Crippen LogP contribution in [0.3, 0.4) is 0 Å². The number of aliphatic carboxylic acids is 1. The number of rotatable bonds is 6. The lowest BCUT2D eigenvalue weighted by atomic mass is 9.97. The van der Waals surface area contributed by atoms with Crippen LogP contribution in [0.15, 0.2) is 18.2 Å². The SMILES string of the molecule is C[C@@]1(COC(=O)NNC(=O)CNC(=O)c2ccc(O)c(O)c2)S[C@@H]2CC(=O)N2[C@H]1C(=O)O. The Morgan fingerprint density at radius 3 is 2.56 bits per heavy atom. The summed E-state index contributed by atoms with van der Waals surface area (Å²) in [6.07, 6.45) is -0.832. The molecule has 4 amide bonds. The number of fused-ring (bicyclic) bond motifs is 1. The van der Waals surface area contributed by atoms with E-state index in [0.717, 1.165) is 12.1 Å². The molecule has 14 heteroatoms. The number of hydrogen-bond acceptors (Lipinski definition) is 9. The van der Waals surface area contributed by atoms with Crippen molar-refractivity contribution in [3.8, 4) is 11.5 Å². The molecular formula is C18H20N4O9S. The number of carboxylic acids is 1. The summed E-state index contributed by atoms with van der Waals surface area (Å²) < 4.78 is 3.95. The van der Waals surface area contributed by atoms with Gasteiger partial charge in [-0.05, 0) is 25.1 Å². The maximum atomic E-state index is 11.9. The van der Waals surface area contributed by atoms with Crippen molar-refractivity contribution >= 4 is 41.5 Å². The van der Waals surface area contributed by atoms with Crippen molar-refractivity contribution in [3.05, 3.63) is 23.8 Å². The van der Waals surface area contributed by atoms with Crippen molar-refractivity contribution < 1.29 is 44.0 Å². The summed E-state index contributed by atoms with van der Waals surface area (Å²) in [7, 11) is 0. The molecule has 2 fully saturated rings. The van der Waals surface area contributed by atoms with Gasteiger partial charge in [0.15, 0.2) is 11.5 Å². The molecular weight excluding hydrogens is 448 g/mol.